The predicted octanol–water partition coefficient (Wildman–Crippen LogP) is 5.36. The van der Waals surface area contributed by atoms with Crippen molar-refractivity contribution in [1.82, 2.24) is 4.98 Å². The number of aromatic nitrogens is 1. The van der Waals surface area contributed by atoms with Crippen molar-refractivity contribution in [2.24, 2.45) is 0 Å². The van der Waals surface area contributed by atoms with E-state index in [2.05, 4.69) is 47.7 Å². The van der Waals surface area contributed by atoms with Crippen molar-refractivity contribution in [3.63, 3.8) is 0 Å². The van der Waals surface area contributed by atoms with E-state index in [4.69, 9.17) is 0 Å². The van der Waals surface area contributed by atoms with Crippen molar-refractivity contribution in [2.45, 2.75) is 20.8 Å². The molecule has 1 amide bonds. The van der Waals surface area contributed by atoms with Gasteiger partial charge in [0.2, 0.25) is 5.91 Å². The van der Waals surface area contributed by atoms with Crippen molar-refractivity contribution >= 4 is 34.2 Å². The van der Waals surface area contributed by atoms with Gasteiger partial charge in [-0.15, -0.1) is 11.3 Å². The number of benzene rings is 2. The molecule has 0 fully saturated rings. The number of carbonyl (C=O) groups excluding carboxylic acids is 1. The maximum absolute atomic E-state index is 11.1. The molecule has 2 aromatic carbocycles. The lowest BCUT2D eigenvalue weighted by molar-refractivity contribution is -0.114. The van der Waals surface area contributed by atoms with E-state index in [1.165, 1.54) is 29.4 Å². The van der Waals surface area contributed by atoms with Crippen LogP contribution in [0.25, 0.3) is 16.8 Å². The molecule has 0 unspecified atom stereocenters. The molecule has 0 aliphatic carbocycles. The molecule has 0 bridgehead atoms. The zero-order valence-corrected chi connectivity index (χ0v) is 16.7. The summed E-state index contributed by atoms with van der Waals surface area (Å²) in [6.45, 7) is 5.62. The minimum atomic E-state index is -0.115. The first-order valence-corrected chi connectivity index (χ1v) is 9.62. The van der Waals surface area contributed by atoms with Gasteiger partial charge in [-0.2, -0.15) is 5.26 Å². The molecule has 28 heavy (non-hydrogen) atoms. The molecule has 3 rings (SSSR count). The van der Waals surface area contributed by atoms with Crippen LogP contribution < -0.4 is 10.6 Å². The Morgan fingerprint density at radius 2 is 1.82 bits per heavy atom. The summed E-state index contributed by atoms with van der Waals surface area (Å²) in [5.41, 5.74) is 6.37. The number of nitrogens with one attached hydrogen (secondary N) is 2. The molecule has 0 saturated carbocycles. The second kappa shape index (κ2) is 8.51. The van der Waals surface area contributed by atoms with E-state index < -0.39 is 0 Å². The molecular weight excluding hydrogens is 368 g/mol. The van der Waals surface area contributed by atoms with Crippen LogP contribution in [0.1, 0.15) is 23.1 Å². The number of rotatable bonds is 5. The molecule has 0 aliphatic rings. The lowest BCUT2D eigenvalue weighted by Crippen LogP contribution is -2.05. The van der Waals surface area contributed by atoms with Gasteiger partial charge in [0, 0.05) is 35.4 Å². The van der Waals surface area contributed by atoms with Crippen LogP contribution in [0, 0.1) is 25.2 Å². The zero-order chi connectivity index (χ0) is 20.1. The molecule has 1 aromatic heterocycles. The largest absolute Gasteiger partial charge is 0.360 e. The van der Waals surface area contributed by atoms with Crippen molar-refractivity contribution in [2.75, 3.05) is 10.6 Å². The highest BCUT2D eigenvalue weighted by molar-refractivity contribution is 7.11. The van der Waals surface area contributed by atoms with Gasteiger partial charge in [0.1, 0.15) is 16.6 Å². The van der Waals surface area contributed by atoms with E-state index in [0.29, 0.717) is 10.6 Å². The van der Waals surface area contributed by atoms with Gasteiger partial charge in [0.05, 0.1) is 5.69 Å². The monoisotopic (exact) mass is 388 g/mol. The number of allylic oxidation sites excluding steroid dienone is 1. The third kappa shape index (κ3) is 4.64. The number of nitrogens with zero attached hydrogens (tertiary/aromatic N) is 2. The Kier molecular flexibility index (Phi) is 5.87. The summed E-state index contributed by atoms with van der Waals surface area (Å²) in [7, 11) is 0. The Hall–Kier alpha value is -3.43. The molecule has 0 radical (unpaired) electrons. The Morgan fingerprint density at radius 1 is 1.11 bits per heavy atom. The summed E-state index contributed by atoms with van der Waals surface area (Å²) in [4.78, 5) is 15.7. The summed E-state index contributed by atoms with van der Waals surface area (Å²) < 4.78 is 0. The minimum absolute atomic E-state index is 0.115. The summed E-state index contributed by atoms with van der Waals surface area (Å²) in [5.74, 6) is -0.115. The molecule has 0 atom stereocenters. The lowest BCUT2D eigenvalue weighted by atomic mass is 10.1. The maximum Gasteiger partial charge on any atom is 0.221 e. The number of carbonyl (C=O) groups is 1. The van der Waals surface area contributed by atoms with Gasteiger partial charge in [-0.25, -0.2) is 4.98 Å². The van der Waals surface area contributed by atoms with Crippen LogP contribution in [-0.2, 0) is 4.79 Å². The van der Waals surface area contributed by atoms with Gasteiger partial charge in [-0.3, -0.25) is 4.79 Å². The number of anilines is 2. The molecule has 0 saturated heterocycles. The number of aryl methyl sites for hydroxylation is 2. The number of thiazole rings is 1. The molecule has 2 N–H and O–H groups in total. The number of hydrogen-bond acceptors (Lipinski definition) is 5. The van der Waals surface area contributed by atoms with Crippen LogP contribution in [0.5, 0.6) is 0 Å². The molecule has 3 aromatic rings. The molecular formula is C22H20N4OS. The second-order valence-electron chi connectivity index (χ2n) is 6.41. The lowest BCUT2D eigenvalue weighted by Gasteiger charge is -2.05. The van der Waals surface area contributed by atoms with E-state index in [1.807, 2.05) is 23.6 Å². The topological polar surface area (TPSA) is 77.8 Å². The van der Waals surface area contributed by atoms with Crippen LogP contribution >= 0.6 is 11.3 Å². The highest BCUT2D eigenvalue weighted by Gasteiger charge is 2.09. The molecule has 140 valence electrons. The number of amides is 1. The summed E-state index contributed by atoms with van der Waals surface area (Å²) >= 11 is 1.44. The van der Waals surface area contributed by atoms with E-state index in [0.717, 1.165) is 22.6 Å². The summed E-state index contributed by atoms with van der Waals surface area (Å²) in [6, 6.07) is 15.7. The van der Waals surface area contributed by atoms with Crippen molar-refractivity contribution in [3.05, 3.63) is 70.2 Å². The average Bonchev–Trinajstić information content (AvgIpc) is 3.15. The number of hydrogen-bond donors (Lipinski definition) is 2. The summed E-state index contributed by atoms with van der Waals surface area (Å²) in [5, 5.41) is 18.0. The third-order valence-corrected chi connectivity index (χ3v) is 5.12. The minimum Gasteiger partial charge on any atom is -0.360 e. The van der Waals surface area contributed by atoms with Crippen molar-refractivity contribution < 1.29 is 4.79 Å². The van der Waals surface area contributed by atoms with Gasteiger partial charge < -0.3 is 10.6 Å². The molecule has 6 heteroatoms. The summed E-state index contributed by atoms with van der Waals surface area (Å²) in [6.07, 6.45) is 1.65. The van der Waals surface area contributed by atoms with Crippen LogP contribution in [0.4, 0.5) is 11.4 Å². The SMILES string of the molecule is CC(=O)Nc1ccc(NC=C(C#N)c2nc(-c3ccc(C)c(C)c3)cs2)cc1. The fraction of sp³-hybridized carbons (Fsp3) is 0.136. The Bertz CT molecular complexity index is 1070. The van der Waals surface area contributed by atoms with Crippen LogP contribution in [-0.4, -0.2) is 10.9 Å². The van der Waals surface area contributed by atoms with Crippen molar-refractivity contribution in [3.8, 4) is 17.3 Å². The molecule has 5 nitrogen and oxygen atoms in total. The fourth-order valence-corrected chi connectivity index (χ4v) is 3.38. The van der Waals surface area contributed by atoms with Crippen molar-refractivity contribution in [1.29, 1.82) is 5.26 Å². The molecule has 1 heterocycles. The van der Waals surface area contributed by atoms with Gasteiger partial charge in [0.25, 0.3) is 0 Å². The molecule has 0 spiro atoms. The predicted molar refractivity (Wildman–Crippen MR) is 115 cm³/mol. The van der Waals surface area contributed by atoms with Gasteiger partial charge >= 0.3 is 0 Å². The van der Waals surface area contributed by atoms with Gasteiger partial charge in [0.15, 0.2) is 0 Å². The Morgan fingerprint density at radius 3 is 2.46 bits per heavy atom. The van der Waals surface area contributed by atoms with Gasteiger partial charge in [-0.1, -0.05) is 12.1 Å². The quantitative estimate of drug-likeness (QED) is 0.577. The van der Waals surface area contributed by atoms with E-state index in [1.54, 1.807) is 18.3 Å². The van der Waals surface area contributed by atoms with E-state index in [9.17, 15) is 10.1 Å². The first kappa shape index (κ1) is 19.3. The smallest absolute Gasteiger partial charge is 0.221 e. The van der Waals surface area contributed by atoms with Gasteiger partial charge in [-0.05, 0) is 55.3 Å². The normalized spacial score (nSPS) is 11.0. The first-order valence-electron chi connectivity index (χ1n) is 8.74. The average molecular weight is 388 g/mol. The first-order chi connectivity index (χ1) is 13.5. The van der Waals surface area contributed by atoms with E-state index >= 15 is 0 Å². The van der Waals surface area contributed by atoms with Crippen LogP contribution in [0.3, 0.4) is 0 Å². The maximum atomic E-state index is 11.1. The number of nitriles is 1. The molecule has 0 aliphatic heterocycles. The van der Waals surface area contributed by atoms with Crippen LogP contribution in [0.2, 0.25) is 0 Å². The zero-order valence-electron chi connectivity index (χ0n) is 15.9. The second-order valence-corrected chi connectivity index (χ2v) is 7.27. The van der Waals surface area contributed by atoms with E-state index in [-0.39, 0.29) is 5.91 Å². The Balaban J connectivity index is 1.76. The Labute approximate surface area is 168 Å². The van der Waals surface area contributed by atoms with Crippen LogP contribution in [0.15, 0.2) is 54.0 Å². The highest BCUT2D eigenvalue weighted by atomic mass is 32.1. The standard InChI is InChI=1S/C22H20N4OS/c1-14-4-5-17(10-15(14)2)21-13-28-22(26-21)18(11-23)12-24-19-6-8-20(9-7-19)25-16(3)27/h4-10,12-13,24H,1-3H3,(H,25,27). The third-order valence-electron chi connectivity index (χ3n) is 4.25. The highest BCUT2D eigenvalue weighted by Crippen LogP contribution is 2.27. The fourth-order valence-electron chi connectivity index (χ4n) is 2.58.